The summed E-state index contributed by atoms with van der Waals surface area (Å²) in [6.07, 6.45) is 1.78. The second kappa shape index (κ2) is 3.31. The fourth-order valence-electron chi connectivity index (χ4n) is 1.30. The molecule has 72 valence electrons. The molecule has 0 radical (unpaired) electrons. The van der Waals surface area contributed by atoms with Gasteiger partial charge in [-0.15, -0.1) is 11.3 Å². The molecule has 0 amide bonds. The van der Waals surface area contributed by atoms with E-state index in [9.17, 15) is 0 Å². The van der Waals surface area contributed by atoms with Crippen LogP contribution in [0.1, 0.15) is 4.88 Å². The predicted octanol–water partition coefficient (Wildman–Crippen LogP) is 2.08. The molecular formula is C10H11N3S. The number of nitrogens with zero attached hydrogens (tertiary/aromatic N) is 2. The molecular weight excluding hydrogens is 194 g/mol. The summed E-state index contributed by atoms with van der Waals surface area (Å²) in [4.78, 5) is 1.02. The molecule has 0 unspecified atom stereocenters. The van der Waals surface area contributed by atoms with Crippen LogP contribution in [0, 0.1) is 0 Å². The first-order chi connectivity index (χ1) is 6.68. The van der Waals surface area contributed by atoms with Crippen molar-refractivity contribution >= 4 is 17.0 Å². The zero-order valence-electron chi connectivity index (χ0n) is 7.90. The third kappa shape index (κ3) is 1.44. The van der Waals surface area contributed by atoms with Gasteiger partial charge >= 0.3 is 0 Å². The predicted molar refractivity (Wildman–Crippen MR) is 59.7 cm³/mol. The summed E-state index contributed by atoms with van der Waals surface area (Å²) in [6, 6.07) is 4.01. The number of hydrogen-bond donors (Lipinski definition) is 1. The third-order valence-electron chi connectivity index (χ3n) is 2.03. The van der Waals surface area contributed by atoms with Gasteiger partial charge in [-0.2, -0.15) is 5.10 Å². The Hall–Kier alpha value is -1.55. The van der Waals surface area contributed by atoms with Gasteiger partial charge in [0.2, 0.25) is 0 Å². The first-order valence-corrected chi connectivity index (χ1v) is 5.08. The van der Waals surface area contributed by atoms with Crippen molar-refractivity contribution in [1.82, 2.24) is 9.78 Å². The molecule has 3 nitrogen and oxygen atoms in total. The highest BCUT2D eigenvalue weighted by atomic mass is 32.1. The number of thiophene rings is 1. The maximum atomic E-state index is 5.61. The number of nitrogens with two attached hydrogens (primary N) is 1. The Bertz CT molecular complexity index is 467. The molecule has 2 N–H and O–H groups in total. The molecule has 2 rings (SSSR count). The quantitative estimate of drug-likeness (QED) is 0.815. The average Bonchev–Trinajstić information content (AvgIpc) is 2.71. The molecule has 0 aliphatic rings. The molecule has 0 atom stereocenters. The van der Waals surface area contributed by atoms with E-state index in [1.54, 1.807) is 17.5 Å². The third-order valence-corrected chi connectivity index (χ3v) is 3.04. The van der Waals surface area contributed by atoms with E-state index in [0.717, 1.165) is 16.1 Å². The van der Waals surface area contributed by atoms with Gasteiger partial charge in [0, 0.05) is 29.9 Å². The van der Waals surface area contributed by atoms with Crippen molar-refractivity contribution in [2.45, 2.75) is 0 Å². The van der Waals surface area contributed by atoms with E-state index < -0.39 is 0 Å². The van der Waals surface area contributed by atoms with E-state index in [-0.39, 0.29) is 0 Å². The molecule has 0 aliphatic carbocycles. The van der Waals surface area contributed by atoms with E-state index in [1.165, 1.54) is 0 Å². The minimum Gasteiger partial charge on any atom is -0.398 e. The first-order valence-electron chi connectivity index (χ1n) is 4.20. The van der Waals surface area contributed by atoms with Gasteiger partial charge in [0.15, 0.2) is 0 Å². The molecule has 0 bridgehead atoms. The second-order valence-corrected chi connectivity index (χ2v) is 3.98. The van der Waals surface area contributed by atoms with Crippen LogP contribution >= 0.6 is 11.3 Å². The Balaban J connectivity index is 2.43. The first kappa shape index (κ1) is 9.02. The number of aromatic nitrogens is 2. The smallest absolute Gasteiger partial charge is 0.0687 e. The van der Waals surface area contributed by atoms with Crippen molar-refractivity contribution in [3.63, 3.8) is 0 Å². The fraction of sp³-hybridized carbons (Fsp3) is 0.100. The van der Waals surface area contributed by atoms with Crippen LogP contribution in [0.3, 0.4) is 0 Å². The summed E-state index contributed by atoms with van der Waals surface area (Å²) >= 11 is 1.60. The lowest BCUT2D eigenvalue weighted by Crippen LogP contribution is -1.92. The van der Waals surface area contributed by atoms with Crippen molar-refractivity contribution in [2.75, 3.05) is 0 Å². The minimum atomic E-state index is 0.614. The summed E-state index contributed by atoms with van der Waals surface area (Å²) in [5, 5.41) is 6.17. The summed E-state index contributed by atoms with van der Waals surface area (Å²) in [6.45, 7) is 3.71. The van der Waals surface area contributed by atoms with Crippen LogP contribution in [0.5, 0.6) is 0 Å². The van der Waals surface area contributed by atoms with Gasteiger partial charge in [0.05, 0.1) is 10.6 Å². The highest BCUT2D eigenvalue weighted by Gasteiger charge is 2.06. The SMILES string of the molecule is C=C(N)c1cc(-c2ccnn2C)cs1. The van der Waals surface area contributed by atoms with E-state index in [2.05, 4.69) is 17.1 Å². The van der Waals surface area contributed by atoms with Gasteiger partial charge < -0.3 is 5.73 Å². The van der Waals surface area contributed by atoms with Gasteiger partial charge in [-0.1, -0.05) is 6.58 Å². The second-order valence-electron chi connectivity index (χ2n) is 3.06. The number of rotatable bonds is 2. The Kier molecular flexibility index (Phi) is 2.13. The molecule has 14 heavy (non-hydrogen) atoms. The van der Waals surface area contributed by atoms with Crippen LogP contribution in [-0.4, -0.2) is 9.78 Å². The molecule has 4 heteroatoms. The summed E-state index contributed by atoms with van der Waals surface area (Å²) in [5.74, 6) is 0. The van der Waals surface area contributed by atoms with Crippen LogP contribution in [0.15, 0.2) is 30.3 Å². The maximum absolute atomic E-state index is 5.61. The van der Waals surface area contributed by atoms with E-state index in [0.29, 0.717) is 5.70 Å². The molecule has 2 aromatic heterocycles. The van der Waals surface area contributed by atoms with Gasteiger partial charge in [-0.05, 0) is 12.1 Å². The standard InChI is InChI=1S/C10H11N3S/c1-7(11)10-5-8(6-14-10)9-3-4-12-13(9)2/h3-6H,1,11H2,2H3. The average molecular weight is 205 g/mol. The monoisotopic (exact) mass is 205 g/mol. The van der Waals surface area contributed by atoms with Crippen LogP contribution in [0.2, 0.25) is 0 Å². The molecule has 0 aromatic carbocycles. The highest BCUT2D eigenvalue weighted by Crippen LogP contribution is 2.26. The molecule has 0 saturated carbocycles. The van der Waals surface area contributed by atoms with Crippen molar-refractivity contribution in [3.05, 3.63) is 35.2 Å². The van der Waals surface area contributed by atoms with Gasteiger partial charge in [-0.3, -0.25) is 4.68 Å². The summed E-state index contributed by atoms with van der Waals surface area (Å²) in [7, 11) is 1.92. The largest absolute Gasteiger partial charge is 0.398 e. The van der Waals surface area contributed by atoms with Crippen LogP contribution in [-0.2, 0) is 7.05 Å². The lowest BCUT2D eigenvalue weighted by molar-refractivity contribution is 0.776. The number of hydrogen-bond acceptors (Lipinski definition) is 3. The van der Waals surface area contributed by atoms with Crippen molar-refractivity contribution in [2.24, 2.45) is 12.8 Å². The van der Waals surface area contributed by atoms with Crippen molar-refractivity contribution in [1.29, 1.82) is 0 Å². The molecule has 0 aliphatic heterocycles. The Morgan fingerprint density at radius 1 is 1.64 bits per heavy atom. The van der Waals surface area contributed by atoms with E-state index in [1.807, 2.05) is 23.9 Å². The molecule has 2 heterocycles. The molecule has 0 saturated heterocycles. The topological polar surface area (TPSA) is 43.8 Å². The van der Waals surface area contributed by atoms with E-state index >= 15 is 0 Å². The Labute approximate surface area is 86.5 Å². The lowest BCUT2D eigenvalue weighted by atomic mass is 10.2. The molecule has 0 fully saturated rings. The normalized spacial score (nSPS) is 10.4. The Morgan fingerprint density at radius 3 is 2.93 bits per heavy atom. The minimum absolute atomic E-state index is 0.614. The maximum Gasteiger partial charge on any atom is 0.0687 e. The van der Waals surface area contributed by atoms with Gasteiger partial charge in [0.25, 0.3) is 0 Å². The van der Waals surface area contributed by atoms with Gasteiger partial charge in [0.1, 0.15) is 0 Å². The zero-order valence-corrected chi connectivity index (χ0v) is 8.71. The zero-order chi connectivity index (χ0) is 10.1. The van der Waals surface area contributed by atoms with E-state index in [4.69, 9.17) is 5.73 Å². The summed E-state index contributed by atoms with van der Waals surface area (Å²) in [5.41, 5.74) is 8.45. The van der Waals surface area contributed by atoms with Crippen LogP contribution in [0.25, 0.3) is 17.0 Å². The van der Waals surface area contributed by atoms with Crippen LogP contribution in [0.4, 0.5) is 0 Å². The van der Waals surface area contributed by atoms with Crippen molar-refractivity contribution in [3.8, 4) is 11.3 Å². The lowest BCUT2D eigenvalue weighted by Gasteiger charge is -1.96. The summed E-state index contributed by atoms with van der Waals surface area (Å²) < 4.78 is 1.84. The molecule has 0 spiro atoms. The molecule has 2 aromatic rings. The highest BCUT2D eigenvalue weighted by molar-refractivity contribution is 7.11. The number of aryl methyl sites for hydroxylation is 1. The van der Waals surface area contributed by atoms with Crippen LogP contribution < -0.4 is 5.73 Å². The fourth-order valence-corrected chi connectivity index (χ4v) is 2.09. The Morgan fingerprint density at radius 2 is 2.43 bits per heavy atom. The van der Waals surface area contributed by atoms with Gasteiger partial charge in [-0.25, -0.2) is 0 Å². The van der Waals surface area contributed by atoms with Crippen molar-refractivity contribution < 1.29 is 0 Å².